The first-order valence-corrected chi connectivity index (χ1v) is 6.25. The largest absolute Gasteiger partial charge is 0.273 e. The van der Waals surface area contributed by atoms with Crippen molar-refractivity contribution < 1.29 is 4.79 Å². The molecule has 0 unspecified atom stereocenters. The van der Waals surface area contributed by atoms with Crippen LogP contribution >= 0.6 is 11.8 Å². The molecule has 0 aromatic heterocycles. The van der Waals surface area contributed by atoms with E-state index in [2.05, 4.69) is 4.99 Å². The minimum atomic E-state index is 0.107. The lowest BCUT2D eigenvalue weighted by Crippen LogP contribution is -2.29. The average Bonchev–Trinajstić information content (AvgIpc) is 2.60. The van der Waals surface area contributed by atoms with Gasteiger partial charge in [-0.1, -0.05) is 30.0 Å². The van der Waals surface area contributed by atoms with Gasteiger partial charge in [0.25, 0.3) is 0 Å². The van der Waals surface area contributed by atoms with Crippen LogP contribution in [0.2, 0.25) is 0 Å². The molecule has 0 spiro atoms. The number of carbonyl (C=O) groups excluding carboxylic acids is 1. The Morgan fingerprint density at radius 3 is 2.62 bits per heavy atom. The van der Waals surface area contributed by atoms with Crippen molar-refractivity contribution in [2.75, 3.05) is 10.7 Å². The second-order valence-corrected chi connectivity index (χ2v) is 4.80. The summed E-state index contributed by atoms with van der Waals surface area (Å²) in [4.78, 5) is 18.0. The number of amidine groups is 1. The van der Waals surface area contributed by atoms with Gasteiger partial charge in [0, 0.05) is 6.04 Å². The molecule has 1 aliphatic heterocycles. The van der Waals surface area contributed by atoms with E-state index in [1.54, 1.807) is 4.90 Å². The van der Waals surface area contributed by atoms with E-state index in [-0.39, 0.29) is 11.9 Å². The third-order valence-corrected chi connectivity index (χ3v) is 3.09. The van der Waals surface area contributed by atoms with Crippen LogP contribution in [0.15, 0.2) is 35.3 Å². The van der Waals surface area contributed by atoms with Gasteiger partial charge in [-0.25, -0.2) is 0 Å². The van der Waals surface area contributed by atoms with Crippen molar-refractivity contribution in [2.45, 2.75) is 19.9 Å². The summed E-state index contributed by atoms with van der Waals surface area (Å²) < 4.78 is 0. The predicted molar refractivity (Wildman–Crippen MR) is 69.0 cm³/mol. The van der Waals surface area contributed by atoms with Gasteiger partial charge >= 0.3 is 0 Å². The first-order chi connectivity index (χ1) is 7.68. The summed E-state index contributed by atoms with van der Waals surface area (Å²) in [6.07, 6.45) is 0. The van der Waals surface area contributed by atoms with Crippen LogP contribution in [-0.4, -0.2) is 22.9 Å². The van der Waals surface area contributed by atoms with E-state index in [4.69, 9.17) is 0 Å². The summed E-state index contributed by atoms with van der Waals surface area (Å²) in [6.45, 7) is 4.03. The zero-order valence-electron chi connectivity index (χ0n) is 9.38. The quantitative estimate of drug-likeness (QED) is 0.787. The van der Waals surface area contributed by atoms with Crippen LogP contribution in [0.1, 0.15) is 13.8 Å². The van der Waals surface area contributed by atoms with Crippen LogP contribution in [0.25, 0.3) is 0 Å². The van der Waals surface area contributed by atoms with E-state index in [9.17, 15) is 4.79 Å². The summed E-state index contributed by atoms with van der Waals surface area (Å²) in [6, 6.07) is 9.87. The van der Waals surface area contributed by atoms with Crippen molar-refractivity contribution in [1.29, 1.82) is 0 Å². The maximum atomic E-state index is 11.8. The number of anilines is 1. The number of aliphatic imine (C=N–C) groups is 1. The van der Waals surface area contributed by atoms with Crippen LogP contribution in [0, 0.1) is 0 Å². The van der Waals surface area contributed by atoms with E-state index in [1.165, 1.54) is 11.8 Å². The molecule has 1 saturated heterocycles. The molecule has 4 heteroatoms. The molecule has 1 fully saturated rings. The molecule has 0 bridgehead atoms. The highest BCUT2D eigenvalue weighted by molar-refractivity contribution is 8.15. The fraction of sp³-hybridized carbons (Fsp3) is 0.333. The molecule has 0 saturated carbocycles. The highest BCUT2D eigenvalue weighted by Gasteiger charge is 2.29. The molecule has 84 valence electrons. The summed E-state index contributed by atoms with van der Waals surface area (Å²) in [5.41, 5.74) is 0.900. The van der Waals surface area contributed by atoms with Crippen molar-refractivity contribution >= 4 is 28.5 Å². The smallest absolute Gasteiger partial charge is 0.243 e. The van der Waals surface area contributed by atoms with Gasteiger partial charge in [-0.3, -0.25) is 14.7 Å². The monoisotopic (exact) mass is 234 g/mol. The number of hydrogen-bond donors (Lipinski definition) is 0. The van der Waals surface area contributed by atoms with E-state index in [1.807, 2.05) is 44.2 Å². The standard InChI is InChI=1S/C12H14N2OS/c1-9(2)13-12-14(11(15)8-16-12)10-6-4-3-5-7-10/h3-7,9H,8H2,1-2H3. The van der Waals surface area contributed by atoms with Crippen molar-refractivity contribution in [1.82, 2.24) is 0 Å². The second kappa shape index (κ2) is 4.70. The van der Waals surface area contributed by atoms with Crippen molar-refractivity contribution in [3.8, 4) is 0 Å². The molecule has 0 atom stereocenters. The lowest BCUT2D eigenvalue weighted by molar-refractivity contribution is -0.115. The van der Waals surface area contributed by atoms with Gasteiger partial charge < -0.3 is 0 Å². The maximum Gasteiger partial charge on any atom is 0.243 e. The highest BCUT2D eigenvalue weighted by atomic mass is 32.2. The van der Waals surface area contributed by atoms with Crippen molar-refractivity contribution in [3.05, 3.63) is 30.3 Å². The van der Waals surface area contributed by atoms with E-state index in [0.717, 1.165) is 10.9 Å². The molecule has 1 heterocycles. The summed E-state index contributed by atoms with van der Waals surface area (Å²) in [5, 5.41) is 0.811. The van der Waals surface area contributed by atoms with Gasteiger partial charge in [0.05, 0.1) is 11.4 Å². The van der Waals surface area contributed by atoms with Gasteiger partial charge in [-0.05, 0) is 26.0 Å². The van der Waals surface area contributed by atoms with Gasteiger partial charge in [-0.2, -0.15) is 0 Å². The van der Waals surface area contributed by atoms with Gasteiger partial charge in [-0.15, -0.1) is 0 Å². The number of para-hydroxylation sites is 1. The zero-order valence-corrected chi connectivity index (χ0v) is 10.2. The Morgan fingerprint density at radius 2 is 2.00 bits per heavy atom. The summed E-state index contributed by atoms with van der Waals surface area (Å²) >= 11 is 1.51. The number of benzene rings is 1. The van der Waals surface area contributed by atoms with E-state index >= 15 is 0 Å². The fourth-order valence-corrected chi connectivity index (χ4v) is 2.51. The minimum absolute atomic E-state index is 0.107. The molecule has 1 amide bonds. The van der Waals surface area contributed by atoms with Gasteiger partial charge in [0.1, 0.15) is 0 Å². The SMILES string of the molecule is CC(C)N=C1SCC(=O)N1c1ccccc1. The molecule has 2 rings (SSSR count). The topological polar surface area (TPSA) is 32.7 Å². The molecule has 3 nitrogen and oxygen atoms in total. The number of rotatable bonds is 2. The molecule has 0 radical (unpaired) electrons. The molecule has 16 heavy (non-hydrogen) atoms. The third-order valence-electron chi connectivity index (χ3n) is 2.15. The van der Waals surface area contributed by atoms with Crippen LogP contribution in [0.4, 0.5) is 5.69 Å². The lowest BCUT2D eigenvalue weighted by atomic mass is 10.3. The Morgan fingerprint density at radius 1 is 1.31 bits per heavy atom. The van der Waals surface area contributed by atoms with Crippen molar-refractivity contribution in [2.24, 2.45) is 4.99 Å². The Bertz CT molecular complexity index is 414. The molecule has 1 aromatic carbocycles. The van der Waals surface area contributed by atoms with Crippen LogP contribution in [0.5, 0.6) is 0 Å². The predicted octanol–water partition coefficient (Wildman–Crippen LogP) is 2.53. The molecular weight excluding hydrogens is 220 g/mol. The van der Waals surface area contributed by atoms with Crippen LogP contribution in [0.3, 0.4) is 0 Å². The first-order valence-electron chi connectivity index (χ1n) is 5.27. The number of amides is 1. The molecule has 0 aliphatic carbocycles. The first kappa shape index (κ1) is 11.2. The summed E-state index contributed by atoms with van der Waals surface area (Å²) in [5.74, 6) is 0.594. The Labute approximate surface area is 99.6 Å². The van der Waals surface area contributed by atoms with Crippen LogP contribution < -0.4 is 4.90 Å². The number of nitrogens with zero attached hydrogens (tertiary/aromatic N) is 2. The Hall–Kier alpha value is -1.29. The third kappa shape index (κ3) is 2.27. The zero-order chi connectivity index (χ0) is 11.5. The number of hydrogen-bond acceptors (Lipinski definition) is 3. The fourth-order valence-electron chi connectivity index (χ4n) is 1.51. The van der Waals surface area contributed by atoms with Gasteiger partial charge in [0.15, 0.2) is 5.17 Å². The maximum absolute atomic E-state index is 11.8. The van der Waals surface area contributed by atoms with Crippen molar-refractivity contribution in [3.63, 3.8) is 0 Å². The second-order valence-electron chi connectivity index (χ2n) is 3.86. The minimum Gasteiger partial charge on any atom is -0.273 e. The number of carbonyl (C=O) groups is 1. The molecule has 1 aliphatic rings. The number of thioether (sulfide) groups is 1. The average molecular weight is 234 g/mol. The Balaban J connectivity index is 2.34. The lowest BCUT2D eigenvalue weighted by Gasteiger charge is -2.16. The van der Waals surface area contributed by atoms with Gasteiger partial charge in [0.2, 0.25) is 5.91 Å². The van der Waals surface area contributed by atoms with Crippen LogP contribution in [-0.2, 0) is 4.79 Å². The summed E-state index contributed by atoms with van der Waals surface area (Å²) in [7, 11) is 0. The highest BCUT2D eigenvalue weighted by Crippen LogP contribution is 2.26. The molecular formula is C12H14N2OS. The van der Waals surface area contributed by atoms with E-state index in [0.29, 0.717) is 5.75 Å². The normalized spacial score (nSPS) is 18.8. The molecule has 1 aromatic rings. The Kier molecular flexibility index (Phi) is 3.29. The van der Waals surface area contributed by atoms with E-state index < -0.39 is 0 Å². The molecule has 0 N–H and O–H groups in total.